The van der Waals surface area contributed by atoms with Gasteiger partial charge in [0.2, 0.25) is 14.2 Å². The molecular weight excluding hydrogens is 571 g/mol. The second-order valence-corrected chi connectivity index (χ2v) is 19.1. The maximum absolute atomic E-state index is 11.7. The molecule has 0 saturated carbocycles. The van der Waals surface area contributed by atoms with Crippen molar-refractivity contribution in [1.29, 1.82) is 0 Å². The van der Waals surface area contributed by atoms with E-state index < -0.39 is 18.2 Å². The van der Waals surface area contributed by atoms with Crippen molar-refractivity contribution in [2.75, 3.05) is 26.0 Å². The molecule has 0 radical (unpaired) electrons. The van der Waals surface area contributed by atoms with E-state index in [1.54, 1.807) is 12.1 Å². The number of pyridine rings is 1. The first kappa shape index (κ1) is 31.8. The van der Waals surface area contributed by atoms with E-state index in [9.17, 15) is 8.42 Å². The molecule has 1 aromatic carbocycles. The molecule has 11 heteroatoms. The van der Waals surface area contributed by atoms with Gasteiger partial charge in [-0.05, 0) is 59.9 Å². The number of rotatable bonds is 13. The number of nitrogens with zero attached hydrogens (tertiary/aromatic N) is 2. The molecule has 42 heavy (non-hydrogen) atoms. The number of sulfone groups is 1. The second-order valence-electron chi connectivity index (χ2n) is 11.6. The minimum Gasteiger partial charge on any atom is -0.494 e. The summed E-state index contributed by atoms with van der Waals surface area (Å²) >= 11 is 0. The number of benzene rings is 1. The van der Waals surface area contributed by atoms with Gasteiger partial charge in [-0.15, -0.1) is 0 Å². The first-order valence-electron chi connectivity index (χ1n) is 14.5. The number of hydrogen-bond donors (Lipinski definition) is 1. The number of aromatic amines is 1. The molecule has 228 valence electrons. The van der Waals surface area contributed by atoms with Crippen LogP contribution < -0.4 is 9.47 Å². The van der Waals surface area contributed by atoms with Crippen molar-refractivity contribution in [1.82, 2.24) is 9.97 Å². The molecule has 1 aliphatic heterocycles. The molecule has 0 unspecified atom stereocenters. The average Bonchev–Trinajstić information content (AvgIpc) is 3.58. The van der Waals surface area contributed by atoms with Gasteiger partial charge in [-0.3, -0.25) is 0 Å². The van der Waals surface area contributed by atoms with Crippen molar-refractivity contribution < 1.29 is 27.1 Å². The molecule has 1 N–H and O–H groups in total. The topological polar surface area (TPSA) is 112 Å². The molecule has 0 aliphatic carbocycles. The fourth-order valence-electron chi connectivity index (χ4n) is 5.90. The van der Waals surface area contributed by atoms with Crippen LogP contribution in [0.1, 0.15) is 54.2 Å². The number of aromatic nitrogens is 2. The zero-order valence-electron chi connectivity index (χ0n) is 25.8. The third-order valence-corrected chi connectivity index (χ3v) is 14.8. The highest BCUT2D eigenvalue weighted by Gasteiger charge is 2.45. The zero-order chi connectivity index (χ0) is 30.7. The summed E-state index contributed by atoms with van der Waals surface area (Å²) in [6.07, 6.45) is 2.40. The van der Waals surface area contributed by atoms with Gasteiger partial charge in [-0.25, -0.2) is 18.4 Å². The Kier molecular flexibility index (Phi) is 9.84. The largest absolute Gasteiger partial charge is 0.494 e. The molecule has 2 aromatic heterocycles. The molecule has 1 aliphatic rings. The Morgan fingerprint density at radius 1 is 0.952 bits per heavy atom. The van der Waals surface area contributed by atoms with Crippen LogP contribution in [0.3, 0.4) is 0 Å². The van der Waals surface area contributed by atoms with E-state index in [1.807, 2.05) is 31.2 Å². The molecule has 4 rings (SSSR count). The maximum Gasteiger partial charge on any atom is 0.233 e. The van der Waals surface area contributed by atoms with Gasteiger partial charge in [0.15, 0.2) is 14.9 Å². The van der Waals surface area contributed by atoms with E-state index >= 15 is 0 Å². The third kappa shape index (κ3) is 7.07. The summed E-state index contributed by atoms with van der Waals surface area (Å²) in [7, 11) is -5.38. The van der Waals surface area contributed by atoms with E-state index in [0.29, 0.717) is 59.5 Å². The van der Waals surface area contributed by atoms with Crippen molar-refractivity contribution in [2.24, 2.45) is 4.99 Å². The predicted molar refractivity (Wildman–Crippen MR) is 168 cm³/mol. The van der Waals surface area contributed by atoms with Crippen LogP contribution >= 0.6 is 0 Å². The SMILES string of the molecule is CCOc1cc(Oc2ccc(S(C)(=O)=O)nc2)cc(-c2ccc(C3=NC[C@H](CO[Si](C(C)C)(C(C)C)C(C)C)O3)[nH]2)c1. The first-order valence-corrected chi connectivity index (χ1v) is 18.5. The molecule has 3 heterocycles. The Morgan fingerprint density at radius 3 is 2.21 bits per heavy atom. The van der Waals surface area contributed by atoms with Crippen LogP contribution in [0, 0.1) is 0 Å². The summed E-state index contributed by atoms with van der Waals surface area (Å²) < 4.78 is 48.3. The summed E-state index contributed by atoms with van der Waals surface area (Å²) in [4.78, 5) is 12.1. The highest BCUT2D eigenvalue weighted by atomic mass is 32.2. The van der Waals surface area contributed by atoms with Gasteiger partial charge >= 0.3 is 0 Å². The van der Waals surface area contributed by atoms with Crippen LogP contribution in [-0.4, -0.2) is 64.7 Å². The van der Waals surface area contributed by atoms with Crippen molar-refractivity contribution in [2.45, 2.75) is 76.2 Å². The molecule has 1 atom stereocenters. The maximum atomic E-state index is 11.7. The van der Waals surface area contributed by atoms with Crippen LogP contribution in [0.5, 0.6) is 17.2 Å². The fourth-order valence-corrected chi connectivity index (χ4v) is 11.9. The second kappa shape index (κ2) is 13.0. The van der Waals surface area contributed by atoms with Crippen LogP contribution in [0.25, 0.3) is 11.3 Å². The molecule has 9 nitrogen and oxygen atoms in total. The van der Waals surface area contributed by atoms with E-state index in [2.05, 4.69) is 56.5 Å². The van der Waals surface area contributed by atoms with E-state index in [4.69, 9.17) is 18.6 Å². The van der Waals surface area contributed by atoms with Crippen LogP contribution in [0.4, 0.5) is 0 Å². The first-order chi connectivity index (χ1) is 19.8. The van der Waals surface area contributed by atoms with Gasteiger partial charge in [0.1, 0.15) is 29.0 Å². The van der Waals surface area contributed by atoms with Crippen LogP contribution in [-0.2, 0) is 19.0 Å². The quantitative estimate of drug-likeness (QED) is 0.206. The van der Waals surface area contributed by atoms with Crippen molar-refractivity contribution >= 4 is 24.1 Å². The average molecular weight is 614 g/mol. The van der Waals surface area contributed by atoms with E-state index in [1.165, 1.54) is 12.3 Å². The van der Waals surface area contributed by atoms with Crippen molar-refractivity contribution in [3.63, 3.8) is 0 Å². The zero-order valence-corrected chi connectivity index (χ0v) is 27.6. The molecule has 0 saturated heterocycles. The molecular formula is C31H43N3O6SSi. The van der Waals surface area contributed by atoms with Gasteiger partial charge in [0.25, 0.3) is 0 Å². The standard InChI is InChI=1S/C31H43N3O6SSi/c1-9-37-25-14-23(15-26(16-25)39-24-10-13-30(32-17-24)41(8,35)36)28-11-12-29(34-28)31-33-18-27(40-31)19-38-42(20(2)3,21(4)5)22(6)7/h10-17,20-22,27,34H,9,18-19H2,1-8H3/t27-/m1/s1. The van der Waals surface area contributed by atoms with Gasteiger partial charge in [0, 0.05) is 23.6 Å². The van der Waals surface area contributed by atoms with Gasteiger partial charge in [0.05, 0.1) is 26.0 Å². The van der Waals surface area contributed by atoms with Gasteiger partial charge in [-0.2, -0.15) is 0 Å². The normalized spacial score (nSPS) is 15.8. The predicted octanol–water partition coefficient (Wildman–Crippen LogP) is 7.01. The van der Waals surface area contributed by atoms with Crippen LogP contribution in [0.15, 0.2) is 58.7 Å². The lowest BCUT2D eigenvalue weighted by Crippen LogP contribution is -2.49. The fraction of sp³-hybridized carbons (Fsp3) is 0.484. The minimum atomic E-state index is -3.39. The number of H-pyrrole nitrogens is 1. The summed E-state index contributed by atoms with van der Waals surface area (Å²) in [6, 6.07) is 12.5. The van der Waals surface area contributed by atoms with E-state index in [-0.39, 0.29) is 11.1 Å². The third-order valence-electron chi connectivity index (χ3n) is 7.69. The van der Waals surface area contributed by atoms with Crippen molar-refractivity contribution in [3.8, 4) is 28.5 Å². The molecule has 0 amide bonds. The molecule has 0 fully saturated rings. The Bertz CT molecular complexity index is 1480. The lowest BCUT2D eigenvalue weighted by atomic mass is 10.1. The number of ether oxygens (including phenoxy) is 3. The summed E-state index contributed by atoms with van der Waals surface area (Å²) in [6.45, 7) is 17.2. The monoisotopic (exact) mass is 613 g/mol. The Morgan fingerprint density at radius 2 is 1.62 bits per heavy atom. The lowest BCUT2D eigenvalue weighted by Gasteiger charge is -2.42. The molecule has 0 bridgehead atoms. The van der Waals surface area contributed by atoms with Gasteiger partial charge < -0.3 is 23.6 Å². The smallest absolute Gasteiger partial charge is 0.233 e. The Balaban J connectivity index is 1.48. The summed E-state index contributed by atoms with van der Waals surface area (Å²) in [5.74, 6) is 2.16. The van der Waals surface area contributed by atoms with Crippen LogP contribution in [0.2, 0.25) is 16.6 Å². The lowest BCUT2D eigenvalue weighted by molar-refractivity contribution is 0.131. The molecule has 0 spiro atoms. The van der Waals surface area contributed by atoms with Crippen molar-refractivity contribution in [3.05, 3.63) is 54.4 Å². The highest BCUT2D eigenvalue weighted by molar-refractivity contribution is 7.90. The number of hydrogen-bond acceptors (Lipinski definition) is 8. The highest BCUT2D eigenvalue weighted by Crippen LogP contribution is 2.42. The summed E-state index contributed by atoms with van der Waals surface area (Å²) in [5.41, 5.74) is 4.01. The Labute approximate surface area is 250 Å². The number of nitrogens with one attached hydrogen (secondary N) is 1. The minimum absolute atomic E-state index is 0.00969. The molecule has 3 aromatic rings. The summed E-state index contributed by atoms with van der Waals surface area (Å²) in [5, 5.41) is -0.00969. The Hall–Kier alpha value is -3.15. The number of aliphatic imine (C=N–C) groups is 1. The van der Waals surface area contributed by atoms with E-state index in [0.717, 1.165) is 23.2 Å². The van der Waals surface area contributed by atoms with Gasteiger partial charge in [-0.1, -0.05) is 41.5 Å².